The Morgan fingerprint density at radius 3 is 2.62 bits per heavy atom. The number of hydrogen-bond acceptors (Lipinski definition) is 2. The Hall–Kier alpha value is -2.14. The van der Waals surface area contributed by atoms with Gasteiger partial charge in [-0.05, 0) is 46.1 Å². The molecule has 5 heteroatoms. The number of nitrogens with zero attached hydrogens (tertiary/aromatic N) is 1. The van der Waals surface area contributed by atoms with E-state index in [1.807, 2.05) is 36.4 Å². The number of fused-ring (bicyclic) bond motifs is 1. The number of halogens is 1. The number of carbonyl (C=O) groups is 2. The Morgan fingerprint density at radius 1 is 1.10 bits per heavy atom. The molecule has 0 saturated carbocycles. The maximum atomic E-state index is 12.4. The zero-order valence-electron chi connectivity index (χ0n) is 11.2. The van der Waals surface area contributed by atoms with Crippen LogP contribution in [0.15, 0.2) is 53.0 Å². The fourth-order valence-corrected chi connectivity index (χ4v) is 2.75. The van der Waals surface area contributed by atoms with Crippen LogP contribution in [0.5, 0.6) is 0 Å². The lowest BCUT2D eigenvalue weighted by molar-refractivity contribution is 0.0798. The molecule has 1 heterocycles. The molecule has 0 aliphatic carbocycles. The van der Waals surface area contributed by atoms with Crippen LogP contribution in [0.25, 0.3) is 0 Å². The highest BCUT2D eigenvalue weighted by molar-refractivity contribution is 9.10. The second-order valence-corrected chi connectivity index (χ2v) is 5.63. The number of imide groups is 1. The third-order valence-corrected chi connectivity index (χ3v) is 4.15. The average molecular weight is 345 g/mol. The Kier molecular flexibility index (Phi) is 3.75. The first kappa shape index (κ1) is 13.8. The fourth-order valence-electron chi connectivity index (χ4n) is 2.37. The van der Waals surface area contributed by atoms with E-state index in [2.05, 4.69) is 21.2 Å². The smallest absolute Gasteiger partial charge is 0.306 e. The molecule has 21 heavy (non-hydrogen) atoms. The molecule has 106 valence electrons. The zero-order chi connectivity index (χ0) is 14.8. The normalized spacial score (nSPS) is 13.8. The van der Waals surface area contributed by atoms with E-state index in [4.69, 9.17) is 0 Å². The van der Waals surface area contributed by atoms with Crippen LogP contribution in [0.3, 0.4) is 0 Å². The number of nitrogens with one attached hydrogen (secondary N) is 1. The van der Waals surface area contributed by atoms with Crippen molar-refractivity contribution in [3.8, 4) is 0 Å². The van der Waals surface area contributed by atoms with Crippen LogP contribution in [0.1, 0.15) is 15.9 Å². The van der Waals surface area contributed by atoms with E-state index in [0.717, 1.165) is 10.0 Å². The van der Waals surface area contributed by atoms with E-state index < -0.39 is 6.03 Å². The molecule has 2 aromatic rings. The third kappa shape index (κ3) is 2.69. The molecule has 3 amide bonds. The van der Waals surface area contributed by atoms with Gasteiger partial charge < -0.3 is 5.32 Å². The van der Waals surface area contributed by atoms with Gasteiger partial charge in [-0.1, -0.05) is 30.3 Å². The zero-order valence-corrected chi connectivity index (χ0v) is 12.8. The van der Waals surface area contributed by atoms with Crippen LogP contribution in [-0.4, -0.2) is 23.4 Å². The van der Waals surface area contributed by atoms with Gasteiger partial charge in [-0.3, -0.25) is 9.69 Å². The van der Waals surface area contributed by atoms with Gasteiger partial charge in [0.05, 0.1) is 5.69 Å². The molecule has 0 radical (unpaired) electrons. The molecule has 1 aliphatic heterocycles. The summed E-state index contributed by atoms with van der Waals surface area (Å²) in [4.78, 5) is 26.0. The Bertz CT molecular complexity index is 715. The highest BCUT2D eigenvalue weighted by atomic mass is 79.9. The summed E-state index contributed by atoms with van der Waals surface area (Å²) in [5, 5.41) is 2.76. The van der Waals surface area contributed by atoms with Crippen LogP contribution < -0.4 is 5.32 Å². The van der Waals surface area contributed by atoms with Crippen molar-refractivity contribution in [2.45, 2.75) is 6.42 Å². The molecule has 0 saturated heterocycles. The fraction of sp³-hybridized carbons (Fsp3) is 0.125. The molecule has 1 N–H and O–H groups in total. The summed E-state index contributed by atoms with van der Waals surface area (Å²) in [5.74, 6) is -0.249. The van der Waals surface area contributed by atoms with Gasteiger partial charge in [0, 0.05) is 16.6 Å². The summed E-state index contributed by atoms with van der Waals surface area (Å²) in [6, 6.07) is 14.3. The number of benzene rings is 2. The molecule has 0 atom stereocenters. The molecule has 3 rings (SSSR count). The number of amides is 3. The predicted octanol–water partition coefficient (Wildman–Crippen LogP) is 3.68. The van der Waals surface area contributed by atoms with Crippen LogP contribution >= 0.6 is 15.9 Å². The Morgan fingerprint density at radius 2 is 1.81 bits per heavy atom. The number of rotatable bonds is 1. The van der Waals surface area contributed by atoms with Gasteiger partial charge in [-0.25, -0.2) is 4.79 Å². The second-order valence-electron chi connectivity index (χ2n) is 4.77. The van der Waals surface area contributed by atoms with Crippen LogP contribution in [0.2, 0.25) is 0 Å². The summed E-state index contributed by atoms with van der Waals surface area (Å²) in [6.45, 7) is 0.395. The second kappa shape index (κ2) is 5.69. The molecule has 2 aromatic carbocycles. The van der Waals surface area contributed by atoms with Crippen molar-refractivity contribution in [3.63, 3.8) is 0 Å². The van der Waals surface area contributed by atoms with E-state index >= 15 is 0 Å². The van der Waals surface area contributed by atoms with Crippen molar-refractivity contribution in [1.29, 1.82) is 0 Å². The van der Waals surface area contributed by atoms with Gasteiger partial charge in [-0.15, -0.1) is 0 Å². The van der Waals surface area contributed by atoms with Crippen LogP contribution in [0, 0.1) is 0 Å². The highest BCUT2D eigenvalue weighted by Gasteiger charge is 2.28. The lowest BCUT2D eigenvalue weighted by atomic mass is 9.99. The first-order chi connectivity index (χ1) is 10.2. The molecular formula is C16H13BrN2O2. The Balaban J connectivity index is 1.81. The van der Waals surface area contributed by atoms with E-state index in [1.165, 1.54) is 4.90 Å². The molecule has 0 bridgehead atoms. The number of hydrogen-bond donors (Lipinski definition) is 1. The topological polar surface area (TPSA) is 49.4 Å². The lowest BCUT2D eigenvalue weighted by Crippen LogP contribution is -2.44. The molecule has 0 spiro atoms. The number of para-hydroxylation sites is 1. The minimum atomic E-state index is -0.401. The maximum absolute atomic E-state index is 12.4. The summed E-state index contributed by atoms with van der Waals surface area (Å²) in [6.07, 6.45) is 0.686. The van der Waals surface area contributed by atoms with E-state index in [1.54, 1.807) is 12.1 Å². The van der Waals surface area contributed by atoms with E-state index in [9.17, 15) is 9.59 Å². The van der Waals surface area contributed by atoms with Crippen LogP contribution in [0.4, 0.5) is 10.5 Å². The predicted molar refractivity (Wildman–Crippen MR) is 84.3 cm³/mol. The largest absolute Gasteiger partial charge is 0.328 e. The first-order valence-electron chi connectivity index (χ1n) is 6.62. The third-order valence-electron chi connectivity index (χ3n) is 3.46. The summed E-state index contributed by atoms with van der Waals surface area (Å²) >= 11 is 3.37. The molecule has 0 unspecified atom stereocenters. The van der Waals surface area contributed by atoms with Gasteiger partial charge in [0.15, 0.2) is 0 Å². The number of anilines is 1. The molecular weight excluding hydrogens is 332 g/mol. The molecule has 0 aromatic heterocycles. The van der Waals surface area contributed by atoms with Crippen molar-refractivity contribution >= 4 is 33.6 Å². The lowest BCUT2D eigenvalue weighted by Gasteiger charge is -2.27. The number of urea groups is 1. The summed E-state index contributed by atoms with van der Waals surface area (Å²) in [7, 11) is 0. The van der Waals surface area contributed by atoms with Crippen molar-refractivity contribution in [1.82, 2.24) is 4.90 Å². The van der Waals surface area contributed by atoms with Gasteiger partial charge >= 0.3 is 6.03 Å². The van der Waals surface area contributed by atoms with Crippen molar-refractivity contribution in [2.75, 3.05) is 11.9 Å². The molecule has 1 aliphatic rings. The minimum Gasteiger partial charge on any atom is -0.306 e. The number of carbonyl (C=O) groups excluding carboxylic acids is 2. The minimum absolute atomic E-state index is 0.249. The van der Waals surface area contributed by atoms with E-state index in [0.29, 0.717) is 24.2 Å². The maximum Gasteiger partial charge on any atom is 0.328 e. The quantitative estimate of drug-likeness (QED) is 0.857. The van der Waals surface area contributed by atoms with Gasteiger partial charge in [-0.2, -0.15) is 0 Å². The van der Waals surface area contributed by atoms with E-state index in [-0.39, 0.29) is 5.91 Å². The van der Waals surface area contributed by atoms with Gasteiger partial charge in [0.1, 0.15) is 0 Å². The van der Waals surface area contributed by atoms with Crippen molar-refractivity contribution < 1.29 is 9.59 Å². The first-order valence-corrected chi connectivity index (χ1v) is 7.41. The molecule has 0 fully saturated rings. The Labute approximate surface area is 130 Å². The molecule has 4 nitrogen and oxygen atoms in total. The standard InChI is InChI=1S/C16H13BrN2O2/c17-13-7-3-4-8-14(13)18-16(21)19-10-9-11-5-1-2-6-12(11)15(19)20/h1-8H,9-10H2,(H,18,21). The van der Waals surface area contributed by atoms with Gasteiger partial charge in [0.2, 0.25) is 0 Å². The van der Waals surface area contributed by atoms with Crippen molar-refractivity contribution in [3.05, 3.63) is 64.1 Å². The summed E-state index contributed by atoms with van der Waals surface area (Å²) < 4.78 is 0.781. The monoisotopic (exact) mass is 344 g/mol. The van der Waals surface area contributed by atoms with Crippen molar-refractivity contribution in [2.24, 2.45) is 0 Å². The van der Waals surface area contributed by atoms with Gasteiger partial charge in [0.25, 0.3) is 5.91 Å². The highest BCUT2D eigenvalue weighted by Crippen LogP contribution is 2.23. The SMILES string of the molecule is O=C(Nc1ccccc1Br)N1CCc2ccccc2C1=O. The summed E-state index contributed by atoms with van der Waals surface area (Å²) in [5.41, 5.74) is 2.24. The van der Waals surface area contributed by atoms with Crippen LogP contribution in [-0.2, 0) is 6.42 Å². The average Bonchev–Trinajstić information content (AvgIpc) is 2.50.